The van der Waals surface area contributed by atoms with Crippen LogP contribution in [0.3, 0.4) is 0 Å². The third kappa shape index (κ3) is 4.00. The predicted octanol–water partition coefficient (Wildman–Crippen LogP) is 3.44. The molecule has 1 aliphatic carbocycles. The molecule has 3 rings (SSSR count). The number of hydrogen-bond acceptors (Lipinski definition) is 4. The first-order valence-corrected chi connectivity index (χ1v) is 7.91. The molecule has 2 amide bonds. The maximum atomic E-state index is 12.3. The van der Waals surface area contributed by atoms with Gasteiger partial charge >= 0.3 is 0 Å². The van der Waals surface area contributed by atoms with E-state index in [0.29, 0.717) is 22.9 Å². The summed E-state index contributed by atoms with van der Waals surface area (Å²) in [6.45, 7) is 2.02. The second-order valence-corrected chi connectivity index (χ2v) is 6.15. The lowest BCUT2D eigenvalue weighted by Crippen LogP contribution is -2.16. The Bertz CT molecular complexity index is 850. The third-order valence-corrected chi connectivity index (χ3v) is 4.15. The van der Waals surface area contributed by atoms with Gasteiger partial charge in [0.05, 0.1) is 4.92 Å². The molecule has 2 N–H and O–H groups in total. The van der Waals surface area contributed by atoms with Gasteiger partial charge in [0, 0.05) is 35.0 Å². The number of nitro benzene ring substituents is 1. The van der Waals surface area contributed by atoms with Gasteiger partial charge in [-0.3, -0.25) is 19.7 Å². The summed E-state index contributed by atoms with van der Waals surface area (Å²) in [5.41, 5.74) is 1.14. The Labute approximate surface area is 144 Å². The molecule has 0 bridgehead atoms. The molecule has 1 saturated carbocycles. The molecular formula is C18H17N3O4. The lowest BCUT2D eigenvalue weighted by atomic mass is 10.1. The Morgan fingerprint density at radius 3 is 2.36 bits per heavy atom. The smallest absolute Gasteiger partial charge is 0.271 e. The highest BCUT2D eigenvalue weighted by Crippen LogP contribution is 2.38. The topological polar surface area (TPSA) is 101 Å². The molecule has 0 unspecified atom stereocenters. The molecule has 0 aliphatic heterocycles. The van der Waals surface area contributed by atoms with E-state index < -0.39 is 10.8 Å². The molecule has 2 atom stereocenters. The van der Waals surface area contributed by atoms with Gasteiger partial charge in [-0.2, -0.15) is 0 Å². The van der Waals surface area contributed by atoms with Gasteiger partial charge < -0.3 is 10.6 Å². The monoisotopic (exact) mass is 339 g/mol. The third-order valence-electron chi connectivity index (χ3n) is 4.15. The highest BCUT2D eigenvalue weighted by Gasteiger charge is 2.39. The molecule has 0 heterocycles. The van der Waals surface area contributed by atoms with Crippen LogP contribution in [-0.2, 0) is 4.79 Å². The van der Waals surface area contributed by atoms with Crippen LogP contribution in [0, 0.1) is 22.0 Å². The number of anilines is 2. The number of rotatable bonds is 5. The Kier molecular flexibility index (Phi) is 4.47. The molecule has 7 heteroatoms. The molecular weight excluding hydrogens is 322 g/mol. The number of carbonyl (C=O) groups excluding carboxylic acids is 2. The number of benzene rings is 2. The lowest BCUT2D eigenvalue weighted by molar-refractivity contribution is -0.384. The quantitative estimate of drug-likeness (QED) is 0.643. The van der Waals surface area contributed by atoms with Crippen molar-refractivity contribution in [2.45, 2.75) is 13.3 Å². The lowest BCUT2D eigenvalue weighted by Gasteiger charge is -2.08. The standard InChI is InChI=1S/C18H17N3O4/c1-11-8-16(11)18(23)20-13-5-2-4-12(9-13)17(22)19-14-6-3-7-15(10-14)21(24)25/h2-7,9-11,16H,8H2,1H3,(H,19,22)(H,20,23)/t11-,16-/m0/s1. The molecule has 128 valence electrons. The van der Waals surface area contributed by atoms with Crippen LogP contribution < -0.4 is 10.6 Å². The van der Waals surface area contributed by atoms with Crippen molar-refractivity contribution in [3.63, 3.8) is 0 Å². The van der Waals surface area contributed by atoms with E-state index in [4.69, 9.17) is 0 Å². The zero-order valence-electron chi connectivity index (χ0n) is 13.6. The highest BCUT2D eigenvalue weighted by atomic mass is 16.6. The summed E-state index contributed by atoms with van der Waals surface area (Å²) in [4.78, 5) is 34.6. The van der Waals surface area contributed by atoms with E-state index in [-0.39, 0.29) is 17.5 Å². The summed E-state index contributed by atoms with van der Waals surface area (Å²) < 4.78 is 0. The van der Waals surface area contributed by atoms with Crippen molar-refractivity contribution in [3.05, 3.63) is 64.2 Å². The fourth-order valence-electron chi connectivity index (χ4n) is 2.56. The van der Waals surface area contributed by atoms with Gasteiger partial charge in [0.15, 0.2) is 0 Å². The highest BCUT2D eigenvalue weighted by molar-refractivity contribution is 6.05. The molecule has 0 aromatic heterocycles. The molecule has 0 spiro atoms. The van der Waals surface area contributed by atoms with Crippen molar-refractivity contribution in [1.82, 2.24) is 0 Å². The summed E-state index contributed by atoms with van der Waals surface area (Å²) >= 11 is 0. The van der Waals surface area contributed by atoms with Crippen LogP contribution in [-0.4, -0.2) is 16.7 Å². The van der Waals surface area contributed by atoms with Crippen molar-refractivity contribution in [1.29, 1.82) is 0 Å². The van der Waals surface area contributed by atoms with E-state index in [1.54, 1.807) is 30.3 Å². The normalized spacial score (nSPS) is 18.3. The summed E-state index contributed by atoms with van der Waals surface area (Å²) in [5.74, 6) is 0.00262. The summed E-state index contributed by atoms with van der Waals surface area (Å²) in [6.07, 6.45) is 0.888. The number of hydrogen-bond donors (Lipinski definition) is 2. The Hall–Kier alpha value is -3.22. The molecule has 0 radical (unpaired) electrons. The van der Waals surface area contributed by atoms with E-state index in [1.807, 2.05) is 6.92 Å². The second kappa shape index (κ2) is 6.72. The predicted molar refractivity (Wildman–Crippen MR) is 93.4 cm³/mol. The summed E-state index contributed by atoms with van der Waals surface area (Å²) in [7, 11) is 0. The van der Waals surface area contributed by atoms with E-state index in [2.05, 4.69) is 10.6 Å². The number of nitrogens with zero attached hydrogens (tertiary/aromatic N) is 1. The molecule has 0 saturated heterocycles. The van der Waals surface area contributed by atoms with Gasteiger partial charge in [0.25, 0.3) is 11.6 Å². The number of carbonyl (C=O) groups is 2. The SMILES string of the molecule is C[C@H]1C[C@@H]1C(=O)Nc1cccc(C(=O)Nc2cccc([N+](=O)[O-])c2)c1. The molecule has 7 nitrogen and oxygen atoms in total. The first kappa shape index (κ1) is 16.6. The van der Waals surface area contributed by atoms with Crippen LogP contribution >= 0.6 is 0 Å². The van der Waals surface area contributed by atoms with Crippen LogP contribution in [0.25, 0.3) is 0 Å². The fourth-order valence-corrected chi connectivity index (χ4v) is 2.56. The van der Waals surface area contributed by atoms with Crippen molar-refractivity contribution in [3.8, 4) is 0 Å². The Balaban J connectivity index is 1.70. The van der Waals surface area contributed by atoms with Gasteiger partial charge in [0.2, 0.25) is 5.91 Å². The first-order valence-electron chi connectivity index (χ1n) is 7.91. The van der Waals surface area contributed by atoms with Crippen LogP contribution in [0.15, 0.2) is 48.5 Å². The average Bonchev–Trinajstić information content (AvgIpc) is 3.32. The average molecular weight is 339 g/mol. The van der Waals surface area contributed by atoms with E-state index in [9.17, 15) is 19.7 Å². The van der Waals surface area contributed by atoms with Gasteiger partial charge in [-0.15, -0.1) is 0 Å². The zero-order valence-corrected chi connectivity index (χ0v) is 13.6. The van der Waals surface area contributed by atoms with E-state index in [0.717, 1.165) is 6.42 Å². The van der Waals surface area contributed by atoms with Crippen molar-refractivity contribution in [2.24, 2.45) is 11.8 Å². The Morgan fingerprint density at radius 2 is 1.72 bits per heavy atom. The minimum Gasteiger partial charge on any atom is -0.326 e. The van der Waals surface area contributed by atoms with Gasteiger partial charge in [-0.05, 0) is 36.6 Å². The van der Waals surface area contributed by atoms with Crippen LogP contribution in [0.5, 0.6) is 0 Å². The Morgan fingerprint density at radius 1 is 1.08 bits per heavy atom. The van der Waals surface area contributed by atoms with Crippen LogP contribution in [0.4, 0.5) is 17.1 Å². The largest absolute Gasteiger partial charge is 0.326 e. The second-order valence-electron chi connectivity index (χ2n) is 6.15. The van der Waals surface area contributed by atoms with E-state index >= 15 is 0 Å². The molecule has 1 fully saturated rings. The fraction of sp³-hybridized carbons (Fsp3) is 0.222. The molecule has 2 aromatic carbocycles. The van der Waals surface area contributed by atoms with Gasteiger partial charge in [0.1, 0.15) is 0 Å². The summed E-state index contributed by atoms with van der Waals surface area (Å²) in [5, 5.41) is 16.2. The minimum atomic E-state index is -0.523. The number of non-ortho nitro benzene ring substituents is 1. The van der Waals surface area contributed by atoms with Crippen molar-refractivity contribution < 1.29 is 14.5 Å². The maximum absolute atomic E-state index is 12.3. The maximum Gasteiger partial charge on any atom is 0.271 e. The first-order chi connectivity index (χ1) is 11.9. The minimum absolute atomic E-state index is 0.0382. The summed E-state index contributed by atoms with van der Waals surface area (Å²) in [6, 6.07) is 12.3. The van der Waals surface area contributed by atoms with Crippen molar-refractivity contribution in [2.75, 3.05) is 10.6 Å². The number of amides is 2. The van der Waals surface area contributed by atoms with E-state index in [1.165, 1.54) is 18.2 Å². The molecule has 25 heavy (non-hydrogen) atoms. The molecule has 2 aromatic rings. The van der Waals surface area contributed by atoms with Crippen LogP contribution in [0.1, 0.15) is 23.7 Å². The number of nitrogens with one attached hydrogen (secondary N) is 2. The zero-order chi connectivity index (χ0) is 18.0. The molecule has 1 aliphatic rings. The number of nitro groups is 1. The van der Waals surface area contributed by atoms with Gasteiger partial charge in [-0.1, -0.05) is 19.1 Å². The van der Waals surface area contributed by atoms with Crippen molar-refractivity contribution >= 4 is 28.9 Å². The van der Waals surface area contributed by atoms with Gasteiger partial charge in [-0.25, -0.2) is 0 Å². The van der Waals surface area contributed by atoms with Crippen LogP contribution in [0.2, 0.25) is 0 Å².